The Morgan fingerprint density at radius 3 is 2.45 bits per heavy atom. The van der Waals surface area contributed by atoms with Crippen molar-refractivity contribution in [1.82, 2.24) is 10.2 Å². The SMILES string of the molecule is CN(Cc1ccc(C(F)(F)F)cc1)C(=O)NCc1cccs1. The fourth-order valence-corrected chi connectivity index (χ4v) is 2.50. The van der Waals surface area contributed by atoms with Gasteiger partial charge in [0.05, 0.1) is 12.1 Å². The van der Waals surface area contributed by atoms with Crippen molar-refractivity contribution in [3.63, 3.8) is 0 Å². The second-order valence-electron chi connectivity index (χ2n) is 4.79. The third-order valence-electron chi connectivity index (χ3n) is 3.04. The van der Waals surface area contributed by atoms with Crippen molar-refractivity contribution in [3.8, 4) is 0 Å². The lowest BCUT2D eigenvalue weighted by molar-refractivity contribution is -0.137. The smallest absolute Gasteiger partial charge is 0.333 e. The van der Waals surface area contributed by atoms with Gasteiger partial charge in [0, 0.05) is 18.5 Å². The summed E-state index contributed by atoms with van der Waals surface area (Å²) in [5.74, 6) is 0. The lowest BCUT2D eigenvalue weighted by atomic mass is 10.1. The number of nitrogens with zero attached hydrogens (tertiary/aromatic N) is 1. The highest BCUT2D eigenvalue weighted by Crippen LogP contribution is 2.29. The summed E-state index contributed by atoms with van der Waals surface area (Å²) in [6, 6.07) is 8.35. The molecule has 3 nitrogen and oxygen atoms in total. The third-order valence-corrected chi connectivity index (χ3v) is 3.92. The number of carbonyl (C=O) groups excluding carboxylic acids is 1. The van der Waals surface area contributed by atoms with E-state index in [9.17, 15) is 18.0 Å². The van der Waals surface area contributed by atoms with Crippen molar-refractivity contribution in [3.05, 3.63) is 57.8 Å². The van der Waals surface area contributed by atoms with Crippen LogP contribution in [-0.2, 0) is 19.3 Å². The molecule has 0 unspecified atom stereocenters. The minimum atomic E-state index is -4.34. The summed E-state index contributed by atoms with van der Waals surface area (Å²) in [6.07, 6.45) is -4.34. The fraction of sp³-hybridized carbons (Fsp3) is 0.267. The van der Waals surface area contributed by atoms with Crippen LogP contribution >= 0.6 is 11.3 Å². The second kappa shape index (κ2) is 6.83. The van der Waals surface area contributed by atoms with Gasteiger partial charge in [0.15, 0.2) is 0 Å². The molecule has 118 valence electrons. The Labute approximate surface area is 130 Å². The molecule has 0 radical (unpaired) electrons. The molecule has 2 aromatic rings. The highest BCUT2D eigenvalue weighted by molar-refractivity contribution is 7.09. The Morgan fingerprint density at radius 1 is 1.23 bits per heavy atom. The summed E-state index contributed by atoms with van der Waals surface area (Å²) in [5, 5.41) is 4.68. The van der Waals surface area contributed by atoms with Gasteiger partial charge in [-0.3, -0.25) is 0 Å². The highest BCUT2D eigenvalue weighted by Gasteiger charge is 2.29. The van der Waals surface area contributed by atoms with Gasteiger partial charge in [-0.15, -0.1) is 11.3 Å². The van der Waals surface area contributed by atoms with E-state index in [1.54, 1.807) is 18.4 Å². The van der Waals surface area contributed by atoms with E-state index in [4.69, 9.17) is 0 Å². The number of alkyl halides is 3. The van der Waals surface area contributed by atoms with E-state index in [1.165, 1.54) is 17.0 Å². The molecule has 1 aromatic carbocycles. The average Bonchev–Trinajstić information content (AvgIpc) is 2.97. The minimum Gasteiger partial charge on any atom is -0.333 e. The van der Waals surface area contributed by atoms with Gasteiger partial charge >= 0.3 is 12.2 Å². The number of hydrogen-bond donors (Lipinski definition) is 1. The minimum absolute atomic E-state index is 0.244. The Balaban J connectivity index is 1.88. The zero-order valence-corrected chi connectivity index (χ0v) is 12.7. The summed E-state index contributed by atoms with van der Waals surface area (Å²) in [5.41, 5.74) is -0.0529. The van der Waals surface area contributed by atoms with Crippen LogP contribution in [0.1, 0.15) is 16.0 Å². The number of urea groups is 1. The van der Waals surface area contributed by atoms with E-state index < -0.39 is 11.7 Å². The van der Waals surface area contributed by atoms with Crippen molar-refractivity contribution in [1.29, 1.82) is 0 Å². The number of amides is 2. The van der Waals surface area contributed by atoms with Gasteiger partial charge < -0.3 is 10.2 Å². The zero-order chi connectivity index (χ0) is 16.2. The van der Waals surface area contributed by atoms with Crippen LogP contribution in [0.5, 0.6) is 0 Å². The molecule has 0 saturated heterocycles. The average molecular weight is 328 g/mol. The van der Waals surface area contributed by atoms with Crippen molar-refractivity contribution in [2.75, 3.05) is 7.05 Å². The van der Waals surface area contributed by atoms with Gasteiger partial charge in [-0.2, -0.15) is 13.2 Å². The number of benzene rings is 1. The van der Waals surface area contributed by atoms with Gasteiger partial charge in [0.1, 0.15) is 0 Å². The molecule has 0 saturated carbocycles. The number of hydrogen-bond acceptors (Lipinski definition) is 2. The second-order valence-corrected chi connectivity index (χ2v) is 5.82. The lowest BCUT2D eigenvalue weighted by Gasteiger charge is -2.18. The van der Waals surface area contributed by atoms with Crippen LogP contribution < -0.4 is 5.32 Å². The van der Waals surface area contributed by atoms with E-state index >= 15 is 0 Å². The Hall–Kier alpha value is -2.02. The van der Waals surface area contributed by atoms with Gasteiger partial charge in [-0.25, -0.2) is 4.79 Å². The summed E-state index contributed by atoms with van der Waals surface area (Å²) in [7, 11) is 1.60. The lowest BCUT2D eigenvalue weighted by Crippen LogP contribution is -2.36. The predicted octanol–water partition coefficient (Wildman–Crippen LogP) is 4.11. The molecule has 1 heterocycles. The van der Waals surface area contributed by atoms with Gasteiger partial charge in [-0.1, -0.05) is 18.2 Å². The van der Waals surface area contributed by atoms with Gasteiger partial charge in [0.2, 0.25) is 0 Å². The summed E-state index contributed by atoms with van der Waals surface area (Å²) < 4.78 is 37.4. The third kappa shape index (κ3) is 4.49. The molecule has 0 spiro atoms. The van der Waals surface area contributed by atoms with Gasteiger partial charge in [-0.05, 0) is 29.1 Å². The molecule has 2 rings (SSSR count). The van der Waals surface area contributed by atoms with Crippen molar-refractivity contribution >= 4 is 17.4 Å². The Bertz CT molecular complexity index is 609. The van der Waals surface area contributed by atoms with Crippen molar-refractivity contribution in [2.45, 2.75) is 19.3 Å². The number of rotatable bonds is 4. The quantitative estimate of drug-likeness (QED) is 0.900. The maximum atomic E-state index is 12.5. The normalized spacial score (nSPS) is 11.3. The number of nitrogens with one attached hydrogen (secondary N) is 1. The monoisotopic (exact) mass is 328 g/mol. The van der Waals surface area contributed by atoms with Crippen molar-refractivity contribution < 1.29 is 18.0 Å². The molecule has 2 amide bonds. The molecular weight excluding hydrogens is 313 g/mol. The van der Waals surface area contributed by atoms with Gasteiger partial charge in [0.25, 0.3) is 0 Å². The Morgan fingerprint density at radius 2 is 1.91 bits per heavy atom. The first-order valence-electron chi connectivity index (χ1n) is 6.54. The van der Waals surface area contributed by atoms with E-state index in [-0.39, 0.29) is 12.6 Å². The highest BCUT2D eigenvalue weighted by atomic mass is 32.1. The van der Waals surface area contributed by atoms with Crippen LogP contribution in [0.3, 0.4) is 0 Å². The molecular formula is C15H15F3N2OS. The number of thiophene rings is 1. The molecule has 0 aliphatic rings. The maximum Gasteiger partial charge on any atom is 0.416 e. The van der Waals surface area contributed by atoms with Crippen LogP contribution in [0.4, 0.5) is 18.0 Å². The zero-order valence-electron chi connectivity index (χ0n) is 11.9. The molecule has 7 heteroatoms. The topological polar surface area (TPSA) is 32.3 Å². The summed E-state index contributed by atoms with van der Waals surface area (Å²) in [6.45, 7) is 0.683. The van der Waals surface area contributed by atoms with E-state index in [0.717, 1.165) is 17.0 Å². The molecule has 0 fully saturated rings. The molecule has 0 aliphatic heterocycles. The Kier molecular flexibility index (Phi) is 5.07. The first-order chi connectivity index (χ1) is 10.4. The van der Waals surface area contributed by atoms with Crippen LogP contribution in [0.2, 0.25) is 0 Å². The van der Waals surface area contributed by atoms with E-state index in [1.807, 2.05) is 17.5 Å². The summed E-state index contributed by atoms with van der Waals surface area (Å²) >= 11 is 1.54. The van der Waals surface area contributed by atoms with E-state index in [2.05, 4.69) is 5.32 Å². The number of halogens is 3. The standard InChI is InChI=1S/C15H15F3N2OS/c1-20(14(21)19-9-13-3-2-8-22-13)10-11-4-6-12(7-5-11)15(16,17)18/h2-8H,9-10H2,1H3,(H,19,21). The van der Waals surface area contributed by atoms with Crippen molar-refractivity contribution in [2.24, 2.45) is 0 Å². The summed E-state index contributed by atoms with van der Waals surface area (Å²) in [4.78, 5) is 14.4. The van der Waals surface area contributed by atoms with Crippen LogP contribution in [0, 0.1) is 0 Å². The molecule has 0 atom stereocenters. The predicted molar refractivity (Wildman–Crippen MR) is 79.5 cm³/mol. The molecule has 0 aliphatic carbocycles. The fourth-order valence-electron chi connectivity index (χ4n) is 1.86. The number of carbonyl (C=O) groups is 1. The molecule has 22 heavy (non-hydrogen) atoms. The van der Waals surface area contributed by atoms with Crippen LogP contribution in [-0.4, -0.2) is 18.0 Å². The maximum absolute atomic E-state index is 12.5. The van der Waals surface area contributed by atoms with Crippen LogP contribution in [0.25, 0.3) is 0 Å². The largest absolute Gasteiger partial charge is 0.416 e. The van der Waals surface area contributed by atoms with E-state index in [0.29, 0.717) is 12.1 Å². The van der Waals surface area contributed by atoms with Crippen LogP contribution in [0.15, 0.2) is 41.8 Å². The molecule has 0 bridgehead atoms. The first-order valence-corrected chi connectivity index (χ1v) is 7.41. The first kappa shape index (κ1) is 16.4. The molecule has 1 N–H and O–H groups in total. The molecule has 1 aromatic heterocycles.